The molecule has 2 aromatic rings. The summed E-state index contributed by atoms with van der Waals surface area (Å²) in [7, 11) is -0.0825. The Morgan fingerprint density at radius 3 is 2.53 bits per heavy atom. The molecular weight excluding hydrogens is 436 g/mol. The van der Waals surface area contributed by atoms with Gasteiger partial charge in [-0.25, -0.2) is 14.3 Å². The number of aromatic nitrogens is 2. The van der Waals surface area contributed by atoms with Crippen LogP contribution in [0.5, 0.6) is 5.75 Å². The van der Waals surface area contributed by atoms with Gasteiger partial charge in [0.2, 0.25) is 10.0 Å². The quantitative estimate of drug-likeness (QED) is 0.544. The van der Waals surface area contributed by atoms with Crippen molar-refractivity contribution in [3.8, 4) is 5.75 Å². The third-order valence-corrected chi connectivity index (χ3v) is 7.29. The number of hydrogen-bond donors (Lipinski definition) is 2. The number of aryl methyl sites for hydroxylation is 2. The maximum atomic E-state index is 13.2. The number of amides is 1. The Labute approximate surface area is 188 Å². The first-order chi connectivity index (χ1) is 15.2. The number of anilines is 1. The lowest BCUT2D eigenvalue weighted by Crippen LogP contribution is -2.47. The molecule has 1 aliphatic rings. The average Bonchev–Trinajstić information content (AvgIpc) is 3.01. The van der Waals surface area contributed by atoms with Crippen LogP contribution in [0.1, 0.15) is 28.7 Å². The summed E-state index contributed by atoms with van der Waals surface area (Å²) in [5, 5.41) is 7.10. The maximum absolute atomic E-state index is 13.2. The number of piperazine rings is 1. The van der Waals surface area contributed by atoms with E-state index in [1.165, 1.54) is 22.5 Å². The van der Waals surface area contributed by atoms with Gasteiger partial charge in [0.15, 0.2) is 0 Å². The van der Waals surface area contributed by atoms with Gasteiger partial charge in [0.25, 0.3) is 5.91 Å². The summed E-state index contributed by atoms with van der Waals surface area (Å²) in [6.07, 6.45) is 0. The summed E-state index contributed by atoms with van der Waals surface area (Å²) < 4.78 is 35.0. The molecule has 0 bridgehead atoms. The predicted molar refractivity (Wildman–Crippen MR) is 119 cm³/mol. The fraction of sp³-hybridized carbons (Fsp3) is 0.500. The summed E-state index contributed by atoms with van der Waals surface area (Å²) in [5.74, 6) is 4.99. The number of nitrogens with zero attached hydrogens (tertiary/aromatic N) is 4. The van der Waals surface area contributed by atoms with Gasteiger partial charge in [0.05, 0.1) is 34.1 Å². The zero-order valence-corrected chi connectivity index (χ0v) is 19.6. The lowest BCUT2D eigenvalue weighted by atomic mass is 10.1. The van der Waals surface area contributed by atoms with Gasteiger partial charge in [-0.1, -0.05) is 0 Å². The highest BCUT2D eigenvalue weighted by Crippen LogP contribution is 2.28. The number of sulfonamides is 1. The lowest BCUT2D eigenvalue weighted by Gasteiger charge is -2.31. The van der Waals surface area contributed by atoms with Crippen molar-refractivity contribution in [2.24, 2.45) is 12.9 Å². The first kappa shape index (κ1) is 24.1. The predicted octanol–water partition coefficient (Wildman–Crippen LogP) is 0.706. The number of nitrogens with two attached hydrogens (primary N) is 1. The minimum Gasteiger partial charge on any atom is -0.493 e. The second-order valence-electron chi connectivity index (χ2n) is 7.59. The molecule has 1 amide bonds. The van der Waals surface area contributed by atoms with E-state index in [1.807, 2.05) is 7.05 Å². The van der Waals surface area contributed by atoms with Crippen LogP contribution in [0, 0.1) is 6.92 Å². The van der Waals surface area contributed by atoms with E-state index >= 15 is 0 Å². The van der Waals surface area contributed by atoms with Crippen LogP contribution in [0.3, 0.4) is 0 Å². The van der Waals surface area contributed by atoms with E-state index in [2.05, 4.69) is 15.3 Å². The molecule has 0 atom stereocenters. The molecule has 0 saturated carbocycles. The third kappa shape index (κ3) is 4.94. The number of likely N-dealkylation sites (N-methyl/N-ethyl adjacent to an activating group) is 1. The summed E-state index contributed by atoms with van der Waals surface area (Å²) >= 11 is 0. The van der Waals surface area contributed by atoms with Crippen LogP contribution in [0.25, 0.3) is 0 Å². The van der Waals surface area contributed by atoms with E-state index in [1.54, 1.807) is 25.6 Å². The Morgan fingerprint density at radius 1 is 1.22 bits per heavy atom. The van der Waals surface area contributed by atoms with Crippen molar-refractivity contribution >= 4 is 21.6 Å². The Bertz CT molecular complexity index is 1080. The number of carbonyl (C=O) groups is 1. The summed E-state index contributed by atoms with van der Waals surface area (Å²) in [6.45, 7) is 5.99. The molecule has 0 radical (unpaired) electrons. The van der Waals surface area contributed by atoms with Crippen molar-refractivity contribution in [2.45, 2.75) is 25.3 Å². The monoisotopic (exact) mass is 466 g/mol. The Morgan fingerprint density at radius 2 is 1.91 bits per heavy atom. The van der Waals surface area contributed by atoms with E-state index in [0.717, 1.165) is 0 Å². The highest BCUT2D eigenvalue weighted by Gasteiger charge is 2.29. The van der Waals surface area contributed by atoms with E-state index in [4.69, 9.17) is 15.5 Å². The molecule has 1 aliphatic heterocycles. The zero-order valence-electron chi connectivity index (χ0n) is 18.8. The molecular formula is C20H30N6O5S. The Hall–Kier alpha value is -2.51. The molecule has 1 saturated heterocycles. The van der Waals surface area contributed by atoms with E-state index < -0.39 is 15.9 Å². The molecule has 1 aromatic carbocycles. The van der Waals surface area contributed by atoms with Gasteiger partial charge in [-0.05, 0) is 39.1 Å². The molecule has 3 N–H and O–H groups in total. The van der Waals surface area contributed by atoms with Crippen molar-refractivity contribution in [1.29, 1.82) is 0 Å². The highest BCUT2D eigenvalue weighted by molar-refractivity contribution is 7.89. The largest absolute Gasteiger partial charge is 0.493 e. The van der Waals surface area contributed by atoms with Crippen molar-refractivity contribution in [1.82, 2.24) is 19.0 Å². The van der Waals surface area contributed by atoms with Crippen LogP contribution in [-0.2, 0) is 28.5 Å². The minimum absolute atomic E-state index is 0.0447. The Kier molecular flexibility index (Phi) is 7.51. The SMILES string of the molecule is CCOc1ccc(S(=O)(=O)N2CCN(C)CC2)cc1C(=O)Nc1c(C)nn(C)c1CON. The fourth-order valence-electron chi connectivity index (χ4n) is 3.60. The number of benzene rings is 1. The molecule has 0 spiro atoms. The molecule has 0 unspecified atom stereocenters. The van der Waals surface area contributed by atoms with E-state index in [0.29, 0.717) is 55.6 Å². The maximum Gasteiger partial charge on any atom is 0.259 e. The van der Waals surface area contributed by atoms with Crippen LogP contribution in [0.15, 0.2) is 23.1 Å². The second kappa shape index (κ2) is 9.96. The molecule has 12 heteroatoms. The van der Waals surface area contributed by atoms with Crippen molar-refractivity contribution in [3.63, 3.8) is 0 Å². The second-order valence-corrected chi connectivity index (χ2v) is 9.53. The van der Waals surface area contributed by atoms with Crippen molar-refractivity contribution < 1.29 is 22.8 Å². The molecule has 11 nitrogen and oxygen atoms in total. The number of ether oxygens (including phenoxy) is 1. The first-order valence-corrected chi connectivity index (χ1v) is 11.7. The van der Waals surface area contributed by atoms with Crippen LogP contribution in [0.4, 0.5) is 5.69 Å². The molecule has 0 aliphatic carbocycles. The highest BCUT2D eigenvalue weighted by atomic mass is 32.2. The van der Waals surface area contributed by atoms with Crippen LogP contribution < -0.4 is 16.0 Å². The topological polar surface area (TPSA) is 132 Å². The van der Waals surface area contributed by atoms with Gasteiger partial charge in [0, 0.05) is 33.2 Å². The van der Waals surface area contributed by atoms with Gasteiger partial charge in [-0.3, -0.25) is 14.3 Å². The molecule has 1 aromatic heterocycles. The molecule has 2 heterocycles. The van der Waals surface area contributed by atoms with Crippen molar-refractivity contribution in [3.05, 3.63) is 35.2 Å². The molecule has 176 valence electrons. The normalized spacial score (nSPS) is 15.7. The molecule has 32 heavy (non-hydrogen) atoms. The summed E-state index contributed by atoms with van der Waals surface area (Å²) in [4.78, 5) is 20.1. The van der Waals surface area contributed by atoms with Gasteiger partial charge in [-0.15, -0.1) is 0 Å². The van der Waals surface area contributed by atoms with E-state index in [-0.39, 0.29) is 17.1 Å². The van der Waals surface area contributed by atoms with Gasteiger partial charge < -0.3 is 15.0 Å². The number of nitrogens with one attached hydrogen (secondary N) is 1. The van der Waals surface area contributed by atoms with Crippen LogP contribution in [0.2, 0.25) is 0 Å². The molecule has 3 rings (SSSR count). The number of carbonyl (C=O) groups excluding carboxylic acids is 1. The lowest BCUT2D eigenvalue weighted by molar-refractivity contribution is 0.102. The van der Waals surface area contributed by atoms with Crippen LogP contribution >= 0.6 is 0 Å². The summed E-state index contributed by atoms with van der Waals surface area (Å²) in [5.41, 5.74) is 1.73. The molecule has 1 fully saturated rings. The smallest absolute Gasteiger partial charge is 0.259 e. The minimum atomic E-state index is -3.75. The number of rotatable bonds is 8. The average molecular weight is 467 g/mol. The van der Waals surface area contributed by atoms with Gasteiger partial charge in [0.1, 0.15) is 12.4 Å². The third-order valence-electron chi connectivity index (χ3n) is 5.40. The summed E-state index contributed by atoms with van der Waals surface area (Å²) in [6, 6.07) is 4.35. The zero-order chi connectivity index (χ0) is 23.5. The van der Waals surface area contributed by atoms with Gasteiger partial charge in [-0.2, -0.15) is 9.40 Å². The first-order valence-electron chi connectivity index (χ1n) is 10.3. The van der Waals surface area contributed by atoms with E-state index in [9.17, 15) is 13.2 Å². The number of hydrogen-bond acceptors (Lipinski definition) is 8. The van der Waals surface area contributed by atoms with Gasteiger partial charge >= 0.3 is 0 Å². The standard InChI is InChI=1S/C20H30N6O5S/c1-5-30-18-7-6-15(32(28,29)26-10-8-24(3)9-11-26)12-16(18)20(27)22-19-14(2)23-25(4)17(19)13-31-21/h6-7,12H,5,8-11,13,21H2,1-4H3,(H,22,27). The van der Waals surface area contributed by atoms with Crippen molar-refractivity contribution in [2.75, 3.05) is 45.2 Å². The Balaban J connectivity index is 1.96. The fourth-order valence-corrected chi connectivity index (χ4v) is 5.05. The van der Waals surface area contributed by atoms with Crippen LogP contribution in [-0.4, -0.2) is 73.1 Å².